The molecule has 0 spiro atoms. The summed E-state index contributed by atoms with van der Waals surface area (Å²) in [5.41, 5.74) is 1.25. The van der Waals surface area contributed by atoms with E-state index in [9.17, 15) is 9.59 Å². The zero-order chi connectivity index (χ0) is 19.8. The van der Waals surface area contributed by atoms with E-state index in [2.05, 4.69) is 16.7 Å². The van der Waals surface area contributed by atoms with Gasteiger partial charge >= 0.3 is 6.03 Å². The Morgan fingerprint density at radius 1 is 1.00 bits per heavy atom. The number of rotatable bonds is 5. The van der Waals surface area contributed by atoms with Gasteiger partial charge in [-0.15, -0.1) is 0 Å². The van der Waals surface area contributed by atoms with Crippen LogP contribution in [0, 0.1) is 29.6 Å². The van der Waals surface area contributed by atoms with Gasteiger partial charge in [-0.1, -0.05) is 6.08 Å². The summed E-state index contributed by atoms with van der Waals surface area (Å²) in [6, 6.07) is 0.456. The molecule has 3 amide bonds. The first kappa shape index (κ1) is 19.4. The maximum Gasteiger partial charge on any atom is 0.321 e. The Balaban J connectivity index is 1.04. The average molecular weight is 400 g/mol. The minimum absolute atomic E-state index is 0.0318. The highest BCUT2D eigenvalue weighted by atomic mass is 16.2. The summed E-state index contributed by atoms with van der Waals surface area (Å²) in [5.74, 6) is 4.10. The molecule has 29 heavy (non-hydrogen) atoms. The van der Waals surface area contributed by atoms with Crippen molar-refractivity contribution in [3.05, 3.63) is 11.8 Å². The van der Waals surface area contributed by atoms with Gasteiger partial charge < -0.3 is 10.6 Å². The highest BCUT2D eigenvalue weighted by Crippen LogP contribution is 2.53. The molecule has 1 saturated heterocycles. The van der Waals surface area contributed by atoms with Gasteiger partial charge in [0.2, 0.25) is 5.91 Å². The summed E-state index contributed by atoms with van der Waals surface area (Å²) in [5, 5.41) is 6.44. The highest BCUT2D eigenvalue weighted by molar-refractivity contribution is 5.77. The fourth-order valence-electron chi connectivity index (χ4n) is 7.35. The Labute approximate surface area is 175 Å². The zero-order valence-electron chi connectivity index (χ0n) is 17.7. The smallest absolute Gasteiger partial charge is 0.321 e. The molecule has 0 aromatic carbocycles. The van der Waals surface area contributed by atoms with Crippen LogP contribution in [-0.4, -0.2) is 36.0 Å². The molecule has 1 heterocycles. The van der Waals surface area contributed by atoms with Crippen molar-refractivity contribution in [2.24, 2.45) is 29.6 Å². The minimum Gasteiger partial charge on any atom is -0.353 e. The van der Waals surface area contributed by atoms with Gasteiger partial charge in [-0.25, -0.2) is 4.79 Å². The Morgan fingerprint density at radius 3 is 2.48 bits per heavy atom. The second-order valence-electron chi connectivity index (χ2n) is 10.4. The number of piperidine rings is 1. The molecular weight excluding hydrogens is 362 g/mol. The van der Waals surface area contributed by atoms with E-state index in [-0.39, 0.29) is 11.9 Å². The maximum absolute atomic E-state index is 12.7. The number of nitrogens with one attached hydrogen (secondary N) is 2. The number of urea groups is 1. The summed E-state index contributed by atoms with van der Waals surface area (Å²) in [6.45, 7) is 1.42. The fourth-order valence-corrected chi connectivity index (χ4v) is 7.35. The van der Waals surface area contributed by atoms with Crippen molar-refractivity contribution in [1.82, 2.24) is 15.5 Å². The van der Waals surface area contributed by atoms with Crippen LogP contribution < -0.4 is 10.6 Å². The number of carbonyl (C=O) groups is 2. The van der Waals surface area contributed by atoms with Crippen LogP contribution in [0.5, 0.6) is 0 Å². The number of likely N-dealkylation sites (tertiary alicyclic amines) is 1. The summed E-state index contributed by atoms with van der Waals surface area (Å²) >= 11 is 0. The fraction of sp³-hybridized carbons (Fsp3) is 0.833. The Kier molecular flexibility index (Phi) is 5.57. The molecule has 160 valence electrons. The van der Waals surface area contributed by atoms with Gasteiger partial charge in [0.05, 0.1) is 0 Å². The summed E-state index contributed by atoms with van der Waals surface area (Å²) in [4.78, 5) is 27.1. The van der Waals surface area contributed by atoms with Crippen molar-refractivity contribution in [2.45, 2.75) is 83.1 Å². The lowest BCUT2D eigenvalue weighted by molar-refractivity contribution is -0.125. The SMILES string of the molecule is O=C(CCCNC(=O)N1CCCC2CCCC=C21)NC1C2CC3CC(C2)CC1C3. The lowest BCUT2D eigenvalue weighted by atomic mass is 9.54. The van der Waals surface area contributed by atoms with E-state index < -0.39 is 0 Å². The van der Waals surface area contributed by atoms with Gasteiger partial charge in [-0.05, 0) is 100 Å². The number of carbonyl (C=O) groups excluding carboxylic acids is 2. The van der Waals surface area contributed by atoms with Crippen LogP contribution >= 0.6 is 0 Å². The topological polar surface area (TPSA) is 61.4 Å². The van der Waals surface area contributed by atoms with Crippen molar-refractivity contribution < 1.29 is 9.59 Å². The molecule has 1 atom stereocenters. The van der Waals surface area contributed by atoms with Gasteiger partial charge in [-0.3, -0.25) is 9.69 Å². The van der Waals surface area contributed by atoms with Crippen LogP contribution in [-0.2, 0) is 4.79 Å². The third-order valence-electron chi connectivity index (χ3n) is 8.43. The predicted molar refractivity (Wildman–Crippen MR) is 113 cm³/mol. The molecule has 5 aliphatic carbocycles. The first-order valence-corrected chi connectivity index (χ1v) is 12.2. The lowest BCUT2D eigenvalue weighted by Gasteiger charge is -2.54. The molecular formula is C24H37N3O2. The molecule has 0 radical (unpaired) electrons. The van der Waals surface area contributed by atoms with E-state index in [1.807, 2.05) is 4.90 Å². The number of allylic oxidation sites excluding steroid dienone is 2. The van der Waals surface area contributed by atoms with Crippen molar-refractivity contribution in [1.29, 1.82) is 0 Å². The van der Waals surface area contributed by atoms with Crippen molar-refractivity contribution >= 4 is 11.9 Å². The van der Waals surface area contributed by atoms with Crippen molar-refractivity contribution in [3.8, 4) is 0 Å². The number of nitrogens with zero attached hydrogens (tertiary/aromatic N) is 1. The molecule has 5 fully saturated rings. The van der Waals surface area contributed by atoms with Gasteiger partial charge in [0.15, 0.2) is 0 Å². The van der Waals surface area contributed by atoms with E-state index in [0.717, 1.165) is 49.5 Å². The highest BCUT2D eigenvalue weighted by Gasteiger charge is 2.48. The minimum atomic E-state index is 0.0318. The molecule has 1 unspecified atom stereocenters. The second kappa shape index (κ2) is 8.31. The zero-order valence-corrected chi connectivity index (χ0v) is 17.7. The van der Waals surface area contributed by atoms with E-state index in [4.69, 9.17) is 0 Å². The number of hydrogen-bond acceptors (Lipinski definition) is 2. The van der Waals surface area contributed by atoms with Crippen molar-refractivity contribution in [3.63, 3.8) is 0 Å². The standard InChI is InChI=1S/C24H37N3O2/c28-22(26-23-19-12-16-11-17(14-19)15-20(23)13-16)8-3-9-25-24(29)27-10-4-6-18-5-1-2-7-21(18)27/h7,16-20,23H,1-6,8-15H2,(H,25,29)(H,26,28). The van der Waals surface area contributed by atoms with E-state index in [1.165, 1.54) is 57.1 Å². The summed E-state index contributed by atoms with van der Waals surface area (Å²) < 4.78 is 0. The molecule has 6 rings (SSSR count). The Hall–Kier alpha value is -1.52. The quantitative estimate of drug-likeness (QED) is 0.681. The van der Waals surface area contributed by atoms with Gasteiger partial charge in [0, 0.05) is 31.2 Å². The van der Waals surface area contributed by atoms with Gasteiger partial charge in [0.1, 0.15) is 0 Å². The Bertz CT molecular complexity index is 645. The first-order valence-electron chi connectivity index (χ1n) is 12.2. The van der Waals surface area contributed by atoms with Crippen LogP contribution in [0.25, 0.3) is 0 Å². The molecule has 2 N–H and O–H groups in total. The number of hydrogen-bond donors (Lipinski definition) is 2. The molecule has 4 bridgehead atoms. The van der Waals surface area contributed by atoms with E-state index >= 15 is 0 Å². The molecule has 4 saturated carbocycles. The van der Waals surface area contributed by atoms with Crippen LogP contribution in [0.2, 0.25) is 0 Å². The van der Waals surface area contributed by atoms with Crippen molar-refractivity contribution in [2.75, 3.05) is 13.1 Å². The van der Waals surface area contributed by atoms with Gasteiger partial charge in [0.25, 0.3) is 0 Å². The third kappa shape index (κ3) is 4.06. The largest absolute Gasteiger partial charge is 0.353 e. The van der Waals surface area contributed by atoms with Crippen LogP contribution in [0.3, 0.4) is 0 Å². The normalized spacial score (nSPS) is 37.7. The molecule has 5 nitrogen and oxygen atoms in total. The summed E-state index contributed by atoms with van der Waals surface area (Å²) in [6.07, 6.45) is 16.2. The summed E-state index contributed by atoms with van der Waals surface area (Å²) in [7, 11) is 0. The average Bonchev–Trinajstić information content (AvgIpc) is 2.72. The lowest BCUT2D eigenvalue weighted by Crippen LogP contribution is -2.55. The number of amides is 3. The predicted octanol–water partition coefficient (Wildman–Crippen LogP) is 4.20. The van der Waals surface area contributed by atoms with Crippen LogP contribution in [0.4, 0.5) is 4.79 Å². The maximum atomic E-state index is 12.7. The van der Waals surface area contributed by atoms with E-state index in [1.54, 1.807) is 0 Å². The molecule has 0 aromatic heterocycles. The van der Waals surface area contributed by atoms with Crippen LogP contribution in [0.1, 0.15) is 77.0 Å². The monoisotopic (exact) mass is 399 g/mol. The van der Waals surface area contributed by atoms with E-state index in [0.29, 0.717) is 24.9 Å². The third-order valence-corrected chi connectivity index (χ3v) is 8.43. The molecule has 5 heteroatoms. The second-order valence-corrected chi connectivity index (χ2v) is 10.4. The Morgan fingerprint density at radius 2 is 1.72 bits per heavy atom. The van der Waals surface area contributed by atoms with Gasteiger partial charge in [-0.2, -0.15) is 0 Å². The molecule has 0 aromatic rings. The molecule has 6 aliphatic rings. The molecule has 1 aliphatic heterocycles. The first-order chi connectivity index (χ1) is 14.2. The van der Waals surface area contributed by atoms with Crippen LogP contribution in [0.15, 0.2) is 11.8 Å². The number of fused-ring (bicyclic) bond motifs is 1.